The maximum absolute atomic E-state index is 6.03. The van der Waals surface area contributed by atoms with E-state index in [2.05, 4.69) is 44.9 Å². The third-order valence-electron chi connectivity index (χ3n) is 3.83. The fourth-order valence-electron chi connectivity index (χ4n) is 2.62. The van der Waals surface area contributed by atoms with E-state index >= 15 is 0 Å². The molecule has 0 atom stereocenters. The summed E-state index contributed by atoms with van der Waals surface area (Å²) < 4.78 is 2.05. The number of benzene rings is 2. The second kappa shape index (κ2) is 7.32. The Hall–Kier alpha value is -2.63. The van der Waals surface area contributed by atoms with Gasteiger partial charge in [0.25, 0.3) is 0 Å². The molecule has 4 aromatic rings. The van der Waals surface area contributed by atoms with Crippen LogP contribution < -0.4 is 0 Å². The van der Waals surface area contributed by atoms with Gasteiger partial charge in [-0.05, 0) is 72.8 Å². The maximum atomic E-state index is 6.03. The Morgan fingerprint density at radius 2 is 1.77 bits per heavy atom. The van der Waals surface area contributed by atoms with Gasteiger partial charge in [-0.3, -0.25) is 4.57 Å². The Morgan fingerprint density at radius 3 is 2.50 bits per heavy atom. The largest absolute Gasteiger partial charge is 0.270 e. The van der Waals surface area contributed by atoms with E-state index < -0.39 is 0 Å². The van der Waals surface area contributed by atoms with Crippen molar-refractivity contribution in [2.45, 2.75) is 17.1 Å². The summed E-state index contributed by atoms with van der Waals surface area (Å²) in [6.07, 6.45) is 1.77. The lowest BCUT2D eigenvalue weighted by molar-refractivity contribution is 0.882. The molecular formula is C20H15ClN4S. The van der Waals surface area contributed by atoms with Crippen LogP contribution in [0.5, 0.6) is 0 Å². The van der Waals surface area contributed by atoms with Crippen molar-refractivity contribution in [3.63, 3.8) is 0 Å². The van der Waals surface area contributed by atoms with Crippen molar-refractivity contribution < 1.29 is 0 Å². The first-order chi connectivity index (χ1) is 12.7. The van der Waals surface area contributed by atoms with Gasteiger partial charge in [0.2, 0.25) is 5.16 Å². The van der Waals surface area contributed by atoms with E-state index in [1.54, 1.807) is 6.20 Å². The van der Waals surface area contributed by atoms with E-state index in [0.29, 0.717) is 5.02 Å². The van der Waals surface area contributed by atoms with Crippen molar-refractivity contribution in [3.05, 3.63) is 83.5 Å². The highest BCUT2D eigenvalue weighted by atomic mass is 35.5. The van der Waals surface area contributed by atoms with E-state index in [-0.39, 0.29) is 0 Å². The summed E-state index contributed by atoms with van der Waals surface area (Å²) in [6.45, 7) is 2.07. The Kier molecular flexibility index (Phi) is 4.73. The first-order valence-corrected chi connectivity index (χ1v) is 9.27. The summed E-state index contributed by atoms with van der Waals surface area (Å²) in [5.74, 6) is 0.769. The van der Waals surface area contributed by atoms with Crippen LogP contribution in [-0.2, 0) is 0 Å². The number of rotatable bonds is 4. The molecule has 26 heavy (non-hydrogen) atoms. The van der Waals surface area contributed by atoms with E-state index in [4.69, 9.17) is 11.6 Å². The minimum atomic E-state index is 0.693. The molecule has 0 saturated heterocycles. The van der Waals surface area contributed by atoms with Crippen LogP contribution >= 0.6 is 23.4 Å². The highest BCUT2D eigenvalue weighted by Gasteiger charge is 2.17. The van der Waals surface area contributed by atoms with Crippen LogP contribution in [0.25, 0.3) is 17.1 Å². The van der Waals surface area contributed by atoms with Crippen LogP contribution in [0.1, 0.15) is 5.56 Å². The number of aromatic nitrogens is 4. The fraction of sp³-hybridized carbons (Fsp3) is 0.0500. The monoisotopic (exact) mass is 378 g/mol. The average Bonchev–Trinajstić information content (AvgIpc) is 3.07. The van der Waals surface area contributed by atoms with Gasteiger partial charge in [0.15, 0.2) is 5.82 Å². The smallest absolute Gasteiger partial charge is 0.202 e. The number of halogens is 1. The zero-order valence-electron chi connectivity index (χ0n) is 14.0. The second-order valence-corrected chi connectivity index (χ2v) is 7.18. The molecule has 0 radical (unpaired) electrons. The van der Waals surface area contributed by atoms with Gasteiger partial charge in [-0.15, -0.1) is 10.2 Å². The Balaban J connectivity index is 1.85. The molecule has 128 valence electrons. The van der Waals surface area contributed by atoms with Gasteiger partial charge >= 0.3 is 0 Å². The molecule has 4 nitrogen and oxygen atoms in total. The summed E-state index contributed by atoms with van der Waals surface area (Å²) >= 11 is 7.52. The first-order valence-electron chi connectivity index (χ1n) is 8.08. The summed E-state index contributed by atoms with van der Waals surface area (Å²) in [4.78, 5) is 4.38. The van der Waals surface area contributed by atoms with Crippen molar-refractivity contribution in [2.24, 2.45) is 0 Å². The quantitative estimate of drug-likeness (QED) is 0.474. The summed E-state index contributed by atoms with van der Waals surface area (Å²) in [5.41, 5.74) is 3.14. The van der Waals surface area contributed by atoms with Crippen molar-refractivity contribution >= 4 is 23.4 Å². The molecule has 0 aliphatic heterocycles. The van der Waals surface area contributed by atoms with E-state index in [9.17, 15) is 0 Å². The van der Waals surface area contributed by atoms with Gasteiger partial charge in [-0.1, -0.05) is 29.8 Å². The van der Waals surface area contributed by atoms with E-state index in [1.807, 2.05) is 48.5 Å². The topological polar surface area (TPSA) is 43.6 Å². The molecule has 6 heteroatoms. The summed E-state index contributed by atoms with van der Waals surface area (Å²) in [7, 11) is 0. The molecule has 2 heterocycles. The normalized spacial score (nSPS) is 10.8. The predicted molar refractivity (Wildman–Crippen MR) is 105 cm³/mol. The van der Waals surface area contributed by atoms with Crippen LogP contribution in [0.4, 0.5) is 0 Å². The lowest BCUT2D eigenvalue weighted by Gasteiger charge is -2.11. The van der Waals surface area contributed by atoms with Crippen molar-refractivity contribution in [2.75, 3.05) is 0 Å². The molecule has 0 spiro atoms. The molecule has 0 aliphatic rings. The zero-order chi connectivity index (χ0) is 17.9. The molecule has 4 rings (SSSR count). The Labute approximate surface area is 160 Å². The fourth-order valence-corrected chi connectivity index (χ4v) is 3.56. The van der Waals surface area contributed by atoms with Gasteiger partial charge in [0, 0.05) is 16.8 Å². The Morgan fingerprint density at radius 1 is 0.923 bits per heavy atom. The lowest BCUT2D eigenvalue weighted by atomic mass is 10.2. The van der Waals surface area contributed by atoms with Crippen molar-refractivity contribution in [3.8, 4) is 17.1 Å². The standard InChI is InChI=1S/C20H15ClN4S/c1-14-5-4-6-17(13-14)25-19(15-8-10-16(21)11-9-15)23-24-20(25)26-18-7-2-3-12-22-18/h2-13H,1H3. The van der Waals surface area contributed by atoms with E-state index in [0.717, 1.165) is 27.3 Å². The molecule has 0 bridgehead atoms. The third kappa shape index (κ3) is 3.49. The molecule has 0 fully saturated rings. The number of hydrogen-bond donors (Lipinski definition) is 0. The van der Waals surface area contributed by atoms with Crippen LogP contribution in [0, 0.1) is 6.92 Å². The number of aryl methyl sites for hydroxylation is 1. The predicted octanol–water partition coefficient (Wildman–Crippen LogP) is 5.44. The van der Waals surface area contributed by atoms with Crippen LogP contribution in [0.3, 0.4) is 0 Å². The van der Waals surface area contributed by atoms with Crippen LogP contribution in [-0.4, -0.2) is 19.7 Å². The molecule has 2 aromatic heterocycles. The number of pyridine rings is 1. The lowest BCUT2D eigenvalue weighted by Crippen LogP contribution is -2.00. The maximum Gasteiger partial charge on any atom is 0.202 e. The molecule has 0 aliphatic carbocycles. The van der Waals surface area contributed by atoms with Gasteiger partial charge in [-0.2, -0.15) is 0 Å². The molecule has 0 amide bonds. The van der Waals surface area contributed by atoms with Crippen LogP contribution in [0.15, 0.2) is 83.1 Å². The average molecular weight is 379 g/mol. The highest BCUT2D eigenvalue weighted by molar-refractivity contribution is 7.99. The number of nitrogens with zero attached hydrogens (tertiary/aromatic N) is 4. The van der Waals surface area contributed by atoms with Gasteiger partial charge in [0.05, 0.1) is 5.69 Å². The molecule has 0 N–H and O–H groups in total. The zero-order valence-corrected chi connectivity index (χ0v) is 15.6. The SMILES string of the molecule is Cc1cccc(-n2c(Sc3ccccn3)nnc2-c2ccc(Cl)cc2)c1. The number of hydrogen-bond acceptors (Lipinski definition) is 4. The van der Waals surface area contributed by atoms with E-state index in [1.165, 1.54) is 17.3 Å². The van der Waals surface area contributed by atoms with Crippen LogP contribution in [0.2, 0.25) is 5.02 Å². The highest BCUT2D eigenvalue weighted by Crippen LogP contribution is 2.31. The third-order valence-corrected chi connectivity index (χ3v) is 4.98. The first kappa shape index (κ1) is 16.8. The summed E-state index contributed by atoms with van der Waals surface area (Å²) in [5, 5.41) is 11.2. The molecular weight excluding hydrogens is 364 g/mol. The van der Waals surface area contributed by atoms with Crippen molar-refractivity contribution in [1.82, 2.24) is 19.7 Å². The summed E-state index contributed by atoms with van der Waals surface area (Å²) in [6, 6.07) is 21.7. The molecule has 0 unspecified atom stereocenters. The van der Waals surface area contributed by atoms with Gasteiger partial charge in [0.1, 0.15) is 5.03 Å². The minimum absolute atomic E-state index is 0.693. The molecule has 0 saturated carbocycles. The Bertz CT molecular complexity index is 1030. The van der Waals surface area contributed by atoms with Gasteiger partial charge < -0.3 is 0 Å². The van der Waals surface area contributed by atoms with Crippen molar-refractivity contribution in [1.29, 1.82) is 0 Å². The second-order valence-electron chi connectivity index (χ2n) is 5.76. The minimum Gasteiger partial charge on any atom is -0.270 e. The van der Waals surface area contributed by atoms with Gasteiger partial charge in [-0.25, -0.2) is 4.98 Å². The molecule has 2 aromatic carbocycles.